The highest BCUT2D eigenvalue weighted by atomic mass is 31.2. The number of fused-ring (bicyclic) bond motifs is 3. The van der Waals surface area contributed by atoms with Gasteiger partial charge in [0.1, 0.15) is 0 Å². The molecule has 3 saturated heterocycles. The number of hydrogen-bond acceptors (Lipinski definition) is 7. The summed E-state index contributed by atoms with van der Waals surface area (Å²) in [6.45, 7) is 9.84. The zero-order valence-electron chi connectivity index (χ0n) is 28.5. The van der Waals surface area contributed by atoms with Crippen LogP contribution in [0.15, 0.2) is 73.2 Å². The zero-order valence-corrected chi connectivity index (χ0v) is 29.4. The fourth-order valence-electron chi connectivity index (χ4n) is 7.56. The first-order chi connectivity index (χ1) is 24.6. The Kier molecular flexibility index (Phi) is 8.67. The molecule has 4 N–H and O–H groups in total. The molecular weight excluding hydrogens is 647 g/mol. The summed E-state index contributed by atoms with van der Waals surface area (Å²) in [5.41, 5.74) is 6.31. The first-order valence-electron chi connectivity index (χ1n) is 18.2. The third-order valence-electron chi connectivity index (χ3n) is 10.8. The number of aromatic amines is 3. The van der Waals surface area contributed by atoms with E-state index in [2.05, 4.69) is 48.2 Å². The highest BCUT2D eigenvalue weighted by Crippen LogP contribution is 2.59. The lowest BCUT2D eigenvalue weighted by Crippen LogP contribution is -2.38. The molecule has 9 rings (SSSR count). The van der Waals surface area contributed by atoms with Crippen molar-refractivity contribution in [1.29, 1.82) is 0 Å². The Morgan fingerprint density at radius 1 is 0.500 bits per heavy atom. The van der Waals surface area contributed by atoms with E-state index in [9.17, 15) is 4.89 Å². The normalized spacial score (nSPS) is 17.2. The van der Waals surface area contributed by atoms with Crippen molar-refractivity contribution < 1.29 is 18.5 Å². The number of H-pyrrole nitrogens is 3. The van der Waals surface area contributed by atoms with Crippen LogP contribution in [0.2, 0.25) is 0 Å². The van der Waals surface area contributed by atoms with Crippen LogP contribution in [0.5, 0.6) is 17.2 Å². The minimum absolute atomic E-state index is 0.539. The number of nitrogens with one attached hydrogen (secondary N) is 3. The maximum atomic E-state index is 12.7. The molecule has 0 unspecified atom stereocenters. The number of hydrogen-bond donors (Lipinski definition) is 4. The molecule has 0 amide bonds. The number of aromatic nitrogens is 3. The molecule has 0 radical (unpaired) electrons. The van der Waals surface area contributed by atoms with Gasteiger partial charge in [-0.25, -0.2) is 13.6 Å². The third-order valence-corrected chi connectivity index (χ3v) is 12.1. The van der Waals surface area contributed by atoms with Crippen molar-refractivity contribution in [2.75, 3.05) is 58.9 Å². The van der Waals surface area contributed by atoms with Gasteiger partial charge in [-0.3, -0.25) is 0 Å². The zero-order chi connectivity index (χ0) is 33.5. The predicted molar refractivity (Wildman–Crippen MR) is 200 cm³/mol. The van der Waals surface area contributed by atoms with Crippen molar-refractivity contribution in [3.8, 4) is 17.2 Å². The van der Waals surface area contributed by atoms with Crippen LogP contribution in [0.3, 0.4) is 0 Å². The number of likely N-dealkylation sites (tertiary alicyclic amines) is 3. The van der Waals surface area contributed by atoms with E-state index < -0.39 is 8.17 Å². The molecule has 6 aromatic rings. The Bertz CT molecular complexity index is 1870. The molecular formula is C39H46N6O4P+. The minimum atomic E-state index is -4.11. The molecule has 260 valence electrons. The molecule has 0 saturated carbocycles. The number of nitrogens with zero attached hydrogens (tertiary/aromatic N) is 3. The third kappa shape index (κ3) is 6.35. The Labute approximate surface area is 293 Å². The van der Waals surface area contributed by atoms with Gasteiger partial charge in [-0.2, -0.15) is 0 Å². The molecule has 11 heteroatoms. The first kappa shape index (κ1) is 31.9. The Balaban J connectivity index is 1.09. The number of benzene rings is 3. The van der Waals surface area contributed by atoms with Gasteiger partial charge in [0.2, 0.25) is 0 Å². The van der Waals surface area contributed by atoms with Crippen LogP contribution >= 0.6 is 8.17 Å². The first-order valence-corrected chi connectivity index (χ1v) is 19.7. The van der Waals surface area contributed by atoms with Gasteiger partial charge < -0.3 is 29.7 Å². The van der Waals surface area contributed by atoms with Gasteiger partial charge in [0.05, 0.1) is 16.2 Å². The van der Waals surface area contributed by atoms with Crippen molar-refractivity contribution in [3.05, 3.63) is 89.9 Å². The topological polar surface area (TPSA) is 105 Å². The second-order valence-electron chi connectivity index (χ2n) is 14.1. The Morgan fingerprint density at radius 2 is 0.820 bits per heavy atom. The fourth-order valence-corrected chi connectivity index (χ4v) is 8.87. The molecule has 6 heterocycles. The van der Waals surface area contributed by atoms with Crippen LogP contribution in [-0.2, 0) is 19.3 Å². The van der Waals surface area contributed by atoms with E-state index >= 15 is 0 Å². The van der Waals surface area contributed by atoms with E-state index in [1.54, 1.807) is 0 Å². The molecule has 3 aromatic heterocycles. The lowest BCUT2D eigenvalue weighted by Gasteiger charge is -2.30. The van der Waals surface area contributed by atoms with Gasteiger partial charge in [-0.15, -0.1) is 4.89 Å². The quantitative estimate of drug-likeness (QED) is 0.0853. The SMILES string of the molecule is O[P+](Oc1cccc2[nH]cc(CCN3CCC3)c12)(Oc1cccc2[nH]cc(CCN3CCC3)c12)Oc1cccc2[nH]cc(CCN3CCC3)c12. The molecule has 0 aliphatic carbocycles. The minimum Gasteiger partial charge on any atom is -0.361 e. The van der Waals surface area contributed by atoms with Gasteiger partial charge in [0, 0.05) is 54.8 Å². The predicted octanol–water partition coefficient (Wildman–Crippen LogP) is 7.08. The second-order valence-corrected chi connectivity index (χ2v) is 15.5. The lowest BCUT2D eigenvalue weighted by atomic mass is 10.1. The largest absolute Gasteiger partial charge is 0.714 e. The number of rotatable bonds is 15. The Morgan fingerprint density at radius 3 is 1.10 bits per heavy atom. The Hall–Kier alpha value is -4.05. The summed E-state index contributed by atoms with van der Waals surface area (Å²) in [7, 11) is -4.11. The smallest absolute Gasteiger partial charge is 0.361 e. The van der Waals surface area contributed by atoms with Crippen LogP contribution in [0, 0.1) is 0 Å². The van der Waals surface area contributed by atoms with E-state index in [4.69, 9.17) is 13.6 Å². The summed E-state index contributed by atoms with van der Waals surface area (Å²) < 4.78 is 20.1. The van der Waals surface area contributed by atoms with Gasteiger partial charge in [0.15, 0.2) is 17.2 Å². The maximum Gasteiger partial charge on any atom is 0.714 e. The van der Waals surface area contributed by atoms with Crippen molar-refractivity contribution in [2.24, 2.45) is 0 Å². The van der Waals surface area contributed by atoms with Crippen LogP contribution < -0.4 is 13.6 Å². The van der Waals surface area contributed by atoms with E-state index in [0.29, 0.717) is 17.2 Å². The summed E-state index contributed by atoms with van der Waals surface area (Å²) in [5.74, 6) is 1.62. The summed E-state index contributed by atoms with van der Waals surface area (Å²) >= 11 is 0. The van der Waals surface area contributed by atoms with Crippen molar-refractivity contribution in [1.82, 2.24) is 29.7 Å². The van der Waals surface area contributed by atoms with Gasteiger partial charge in [0.25, 0.3) is 0 Å². The fraction of sp³-hybridized carbons (Fsp3) is 0.385. The van der Waals surface area contributed by atoms with Gasteiger partial charge in [-0.05, 0) is 131 Å². The molecule has 3 aliphatic heterocycles. The lowest BCUT2D eigenvalue weighted by molar-refractivity contribution is 0.184. The van der Waals surface area contributed by atoms with E-state index in [0.717, 1.165) is 128 Å². The van der Waals surface area contributed by atoms with E-state index in [1.807, 2.05) is 54.6 Å². The van der Waals surface area contributed by atoms with E-state index in [-0.39, 0.29) is 0 Å². The van der Waals surface area contributed by atoms with Crippen LogP contribution in [-0.4, -0.2) is 93.4 Å². The van der Waals surface area contributed by atoms with E-state index in [1.165, 1.54) is 19.3 Å². The van der Waals surface area contributed by atoms with Crippen LogP contribution in [0.25, 0.3) is 32.7 Å². The molecule has 3 fully saturated rings. The monoisotopic (exact) mass is 693 g/mol. The molecule has 0 spiro atoms. The van der Waals surface area contributed by atoms with Crippen molar-refractivity contribution in [2.45, 2.75) is 38.5 Å². The summed E-state index contributed by atoms with van der Waals surface area (Å²) in [5, 5.41) is 2.84. The van der Waals surface area contributed by atoms with Crippen LogP contribution in [0.1, 0.15) is 36.0 Å². The second kappa shape index (κ2) is 13.6. The van der Waals surface area contributed by atoms with Gasteiger partial charge >= 0.3 is 8.17 Å². The highest BCUT2D eigenvalue weighted by molar-refractivity contribution is 7.56. The molecule has 0 atom stereocenters. The standard InChI is InChI=1S/C39H46N6O4P/c46-50(47-34-10-1-7-31-37(34)28(25-40-31)13-22-43-16-4-17-43,48-35-11-2-8-32-38(35)29(26-41-32)14-23-44-18-5-19-44)49-36-12-3-9-33-39(36)30(27-42-33)15-24-45-20-6-21-45/h1-3,7-12,25-27,40-42,46H,4-6,13-24H2/q+1. The molecule has 10 nitrogen and oxygen atoms in total. The molecule has 3 aliphatic rings. The van der Waals surface area contributed by atoms with Crippen LogP contribution in [0.4, 0.5) is 0 Å². The molecule has 50 heavy (non-hydrogen) atoms. The molecule has 0 bridgehead atoms. The average Bonchev–Trinajstić information content (AvgIpc) is 3.77. The summed E-state index contributed by atoms with van der Waals surface area (Å²) in [6.07, 6.45) is 12.6. The highest BCUT2D eigenvalue weighted by Gasteiger charge is 2.52. The van der Waals surface area contributed by atoms with Gasteiger partial charge in [-0.1, -0.05) is 18.2 Å². The summed E-state index contributed by atoms with van der Waals surface area (Å²) in [4.78, 5) is 30.4. The average molecular weight is 694 g/mol. The van der Waals surface area contributed by atoms with Crippen molar-refractivity contribution >= 4 is 40.9 Å². The molecule has 3 aromatic carbocycles. The van der Waals surface area contributed by atoms with Crippen molar-refractivity contribution in [3.63, 3.8) is 0 Å². The maximum absolute atomic E-state index is 12.7. The summed E-state index contributed by atoms with van der Waals surface area (Å²) in [6, 6.07) is 17.7.